The maximum Gasteiger partial charge on any atom is 0.238 e. The Balaban J connectivity index is 1.62. The molecular formula is C28H25NO2. The van der Waals surface area contributed by atoms with Gasteiger partial charge >= 0.3 is 0 Å². The molecule has 0 saturated carbocycles. The Labute approximate surface area is 182 Å². The fourth-order valence-corrected chi connectivity index (χ4v) is 6.65. The normalized spacial score (nSPS) is 27.8. The monoisotopic (exact) mass is 407 g/mol. The van der Waals surface area contributed by atoms with Crippen molar-refractivity contribution in [3.05, 3.63) is 100 Å². The summed E-state index contributed by atoms with van der Waals surface area (Å²) in [7, 11) is 0. The smallest absolute Gasteiger partial charge is 0.238 e. The number of imide groups is 1. The summed E-state index contributed by atoms with van der Waals surface area (Å²) in [6.45, 7) is 6.23. The van der Waals surface area contributed by atoms with Gasteiger partial charge in [-0.3, -0.25) is 9.59 Å². The van der Waals surface area contributed by atoms with E-state index in [1.54, 1.807) is 0 Å². The standard InChI is InChI=1S/C28H25NO2/c1-4-28-21-11-7-5-9-19(21)23(20-10-6-8-12-22(20)28)24-25(28)27(31)29(26(24)30)18-14-13-16(2)17(3)15-18/h5-15,23-25H,4H2,1-3H3/t23?,24-,25-,28?/m0/s1. The molecule has 4 aliphatic rings. The van der Waals surface area contributed by atoms with Gasteiger partial charge in [-0.15, -0.1) is 0 Å². The fraction of sp³-hybridized carbons (Fsp3) is 0.286. The molecule has 0 spiro atoms. The van der Waals surface area contributed by atoms with Crippen molar-refractivity contribution in [1.29, 1.82) is 0 Å². The minimum atomic E-state index is -0.464. The van der Waals surface area contributed by atoms with Crippen LogP contribution in [0.25, 0.3) is 0 Å². The summed E-state index contributed by atoms with van der Waals surface area (Å²) in [5.41, 5.74) is 7.37. The van der Waals surface area contributed by atoms with Crippen LogP contribution in [0.15, 0.2) is 66.7 Å². The quantitative estimate of drug-likeness (QED) is 0.543. The average molecular weight is 408 g/mol. The summed E-state index contributed by atoms with van der Waals surface area (Å²) >= 11 is 0. The largest absolute Gasteiger partial charge is 0.274 e. The molecule has 2 amide bonds. The van der Waals surface area contributed by atoms with Crippen molar-refractivity contribution in [3.8, 4) is 0 Å². The highest BCUT2D eigenvalue weighted by atomic mass is 16.2. The fourth-order valence-electron chi connectivity index (χ4n) is 6.65. The number of hydrogen-bond donors (Lipinski definition) is 0. The molecule has 1 saturated heterocycles. The molecule has 1 fully saturated rings. The SMILES string of the molecule is CCC12c3ccccc3C(c3ccccc31)[C@@H]1C(=O)N(c3ccc(C)c(C)c3)C(=O)[C@H]12. The van der Waals surface area contributed by atoms with E-state index in [1.165, 1.54) is 27.2 Å². The number of benzene rings is 3. The van der Waals surface area contributed by atoms with Crippen LogP contribution in [0.5, 0.6) is 0 Å². The van der Waals surface area contributed by atoms with Crippen LogP contribution in [0, 0.1) is 25.7 Å². The van der Waals surface area contributed by atoms with Crippen LogP contribution in [0.2, 0.25) is 0 Å². The summed E-state index contributed by atoms with van der Waals surface area (Å²) in [6, 6.07) is 22.8. The minimum Gasteiger partial charge on any atom is -0.274 e. The number of rotatable bonds is 2. The number of nitrogens with zero attached hydrogens (tertiary/aromatic N) is 1. The van der Waals surface area contributed by atoms with Gasteiger partial charge in [0.1, 0.15) is 0 Å². The van der Waals surface area contributed by atoms with E-state index in [4.69, 9.17) is 0 Å². The van der Waals surface area contributed by atoms with Crippen molar-refractivity contribution in [1.82, 2.24) is 0 Å². The lowest BCUT2D eigenvalue weighted by Crippen LogP contribution is -2.53. The summed E-state index contributed by atoms with van der Waals surface area (Å²) in [6.07, 6.45) is 0.786. The number of hydrogen-bond acceptors (Lipinski definition) is 2. The highest BCUT2D eigenvalue weighted by Crippen LogP contribution is 2.65. The Bertz CT molecular complexity index is 1230. The molecule has 3 heteroatoms. The van der Waals surface area contributed by atoms with Gasteiger partial charge in [0.05, 0.1) is 17.5 Å². The molecule has 154 valence electrons. The summed E-state index contributed by atoms with van der Waals surface area (Å²) in [5.74, 6) is -0.877. The first-order chi connectivity index (χ1) is 15.0. The molecule has 0 radical (unpaired) electrons. The molecule has 31 heavy (non-hydrogen) atoms. The van der Waals surface area contributed by atoms with Crippen molar-refractivity contribution in [2.45, 2.75) is 38.5 Å². The molecule has 2 atom stereocenters. The second-order valence-electron chi connectivity index (χ2n) is 9.26. The van der Waals surface area contributed by atoms with E-state index in [0.29, 0.717) is 5.69 Å². The minimum absolute atomic E-state index is 0.0471. The lowest BCUT2D eigenvalue weighted by molar-refractivity contribution is -0.123. The zero-order valence-electron chi connectivity index (χ0n) is 18.1. The zero-order valence-corrected chi connectivity index (χ0v) is 18.1. The lowest BCUT2D eigenvalue weighted by Gasteiger charge is -2.54. The zero-order chi connectivity index (χ0) is 21.5. The molecule has 0 aromatic heterocycles. The summed E-state index contributed by atoms with van der Waals surface area (Å²) < 4.78 is 0. The van der Waals surface area contributed by atoms with Crippen LogP contribution in [-0.4, -0.2) is 11.8 Å². The highest BCUT2D eigenvalue weighted by molar-refractivity contribution is 6.23. The molecule has 0 N–H and O–H groups in total. The third-order valence-corrected chi connectivity index (χ3v) is 8.10. The Kier molecular flexibility index (Phi) is 3.69. The summed E-state index contributed by atoms with van der Waals surface area (Å²) in [5, 5.41) is 0. The van der Waals surface area contributed by atoms with Gasteiger partial charge in [0.25, 0.3) is 0 Å². The van der Waals surface area contributed by atoms with E-state index in [0.717, 1.165) is 17.5 Å². The van der Waals surface area contributed by atoms with E-state index in [2.05, 4.69) is 55.5 Å². The molecule has 0 unspecified atom stereocenters. The van der Waals surface area contributed by atoms with Crippen molar-refractivity contribution in [3.63, 3.8) is 0 Å². The van der Waals surface area contributed by atoms with Crippen molar-refractivity contribution >= 4 is 17.5 Å². The average Bonchev–Trinajstić information content (AvgIpc) is 3.07. The molecule has 3 aromatic rings. The predicted molar refractivity (Wildman–Crippen MR) is 121 cm³/mol. The molecular weight excluding hydrogens is 382 g/mol. The molecule has 1 aliphatic heterocycles. The highest BCUT2D eigenvalue weighted by Gasteiger charge is 2.67. The first-order valence-electron chi connectivity index (χ1n) is 11.1. The second-order valence-corrected chi connectivity index (χ2v) is 9.26. The van der Waals surface area contributed by atoms with Crippen molar-refractivity contribution < 1.29 is 9.59 Å². The van der Waals surface area contributed by atoms with E-state index in [1.807, 2.05) is 32.0 Å². The van der Waals surface area contributed by atoms with Gasteiger partial charge in [0.2, 0.25) is 11.8 Å². The van der Waals surface area contributed by atoms with E-state index in [-0.39, 0.29) is 29.6 Å². The van der Waals surface area contributed by atoms with Crippen LogP contribution in [-0.2, 0) is 15.0 Å². The first kappa shape index (κ1) is 18.6. The Morgan fingerprint density at radius 1 is 0.806 bits per heavy atom. The molecule has 3 nitrogen and oxygen atoms in total. The maximum absolute atomic E-state index is 14.0. The molecule has 3 aliphatic carbocycles. The Hall–Kier alpha value is -3.20. The molecule has 7 rings (SSSR count). The van der Waals surface area contributed by atoms with Crippen LogP contribution in [0.4, 0.5) is 5.69 Å². The molecule has 2 bridgehead atoms. The van der Waals surface area contributed by atoms with Crippen LogP contribution in [0.1, 0.15) is 52.6 Å². The number of amides is 2. The predicted octanol–water partition coefficient (Wildman–Crippen LogP) is 5.26. The van der Waals surface area contributed by atoms with E-state index < -0.39 is 5.41 Å². The first-order valence-corrected chi connectivity index (χ1v) is 11.1. The van der Waals surface area contributed by atoms with E-state index >= 15 is 0 Å². The summed E-state index contributed by atoms with van der Waals surface area (Å²) in [4.78, 5) is 29.4. The Morgan fingerprint density at radius 3 is 2.00 bits per heavy atom. The number of aryl methyl sites for hydroxylation is 2. The van der Waals surface area contributed by atoms with Gasteiger partial charge in [-0.05, 0) is 65.8 Å². The van der Waals surface area contributed by atoms with Crippen LogP contribution >= 0.6 is 0 Å². The van der Waals surface area contributed by atoms with Gasteiger partial charge in [0, 0.05) is 11.3 Å². The Morgan fingerprint density at radius 2 is 1.42 bits per heavy atom. The van der Waals surface area contributed by atoms with Gasteiger partial charge in [0.15, 0.2) is 0 Å². The van der Waals surface area contributed by atoms with Gasteiger partial charge < -0.3 is 0 Å². The maximum atomic E-state index is 14.0. The number of anilines is 1. The van der Waals surface area contributed by atoms with Gasteiger partial charge in [-0.2, -0.15) is 0 Å². The lowest BCUT2D eigenvalue weighted by atomic mass is 9.46. The van der Waals surface area contributed by atoms with Crippen molar-refractivity contribution in [2.24, 2.45) is 11.8 Å². The van der Waals surface area contributed by atoms with Crippen LogP contribution < -0.4 is 4.90 Å². The van der Waals surface area contributed by atoms with Gasteiger partial charge in [-0.25, -0.2) is 4.90 Å². The van der Waals surface area contributed by atoms with Crippen LogP contribution in [0.3, 0.4) is 0 Å². The topological polar surface area (TPSA) is 37.4 Å². The second kappa shape index (κ2) is 6.16. The van der Waals surface area contributed by atoms with E-state index in [9.17, 15) is 9.59 Å². The third kappa shape index (κ3) is 2.09. The van der Waals surface area contributed by atoms with Gasteiger partial charge in [-0.1, -0.05) is 61.5 Å². The third-order valence-electron chi connectivity index (χ3n) is 8.10. The van der Waals surface area contributed by atoms with Crippen molar-refractivity contribution in [2.75, 3.05) is 4.90 Å². The molecule has 1 heterocycles. The number of carbonyl (C=O) groups excluding carboxylic acids is 2. The number of carbonyl (C=O) groups is 2. The molecule has 3 aromatic carbocycles.